The Morgan fingerprint density at radius 2 is 1.33 bits per heavy atom. The number of pyridine rings is 2. The van der Waals surface area contributed by atoms with Gasteiger partial charge in [0.05, 0.1) is 11.4 Å². The standard InChI is InChI=1S/C10H11F3N.C10H8N2.2C2H4N.Ru/c1-14(2)7-8-3-5-9(6-4-8)10(11,12)13;1-3-7-11-9(5-1)10-6-2-4-8-12-10;2*1-2-3;/h3,5-6H,7H2,1-2H3;1-8H;2*2H,1H3;/q-1;;2*-1;+4. The molecule has 0 fully saturated rings. The van der Waals surface area contributed by atoms with E-state index in [0.717, 1.165) is 41.5 Å². The molecular weight excluding hydrogens is 516 g/mol. The molecule has 0 amide bonds. The van der Waals surface area contributed by atoms with E-state index < -0.39 is 11.7 Å². The minimum Gasteiger partial charge on any atom is -0.814 e. The summed E-state index contributed by atoms with van der Waals surface area (Å²) in [5, 5.41) is 14.9. The minimum atomic E-state index is -4.27. The van der Waals surface area contributed by atoms with Gasteiger partial charge in [-0.1, -0.05) is 31.5 Å². The van der Waals surface area contributed by atoms with Crippen LogP contribution in [0.1, 0.15) is 25.0 Å². The third-order valence-corrected chi connectivity index (χ3v) is 3.28. The average Bonchev–Trinajstić information content (AvgIpc) is 2.76. The molecule has 2 aromatic heterocycles. The van der Waals surface area contributed by atoms with Gasteiger partial charge >= 0.3 is 25.7 Å². The summed E-state index contributed by atoms with van der Waals surface area (Å²) in [6.07, 6.45) is 1.27. The largest absolute Gasteiger partial charge is 4.00 e. The number of hydrogen-bond donors (Lipinski definition) is 0. The van der Waals surface area contributed by atoms with Gasteiger partial charge in [-0.25, -0.2) is 12.4 Å². The number of aromatic nitrogens is 2. The monoisotopic (exact) mass is 544 g/mol. The molecule has 176 valence electrons. The third kappa shape index (κ3) is 15.6. The van der Waals surface area contributed by atoms with Gasteiger partial charge in [-0.15, -0.1) is 5.56 Å². The Hall–Kier alpha value is -2.77. The van der Waals surface area contributed by atoms with Crippen LogP contribution in [-0.2, 0) is 32.2 Å². The van der Waals surface area contributed by atoms with Crippen molar-refractivity contribution in [1.82, 2.24) is 14.9 Å². The quantitative estimate of drug-likeness (QED) is 0.231. The molecule has 0 unspecified atom stereocenters. The van der Waals surface area contributed by atoms with Crippen LogP contribution in [0, 0.1) is 6.07 Å². The molecule has 33 heavy (non-hydrogen) atoms. The van der Waals surface area contributed by atoms with Crippen molar-refractivity contribution in [3.05, 3.63) is 95.0 Å². The zero-order valence-corrected chi connectivity index (χ0v) is 20.7. The molecule has 5 nitrogen and oxygen atoms in total. The SMILES string of the molecule is CC=[N-].CC=[N-].CN(C)Cc1[c-]cc(C(F)(F)F)cc1.[Ru+4].c1ccc(-c2ccccn2)nc1. The summed E-state index contributed by atoms with van der Waals surface area (Å²) in [7, 11) is 3.71. The maximum absolute atomic E-state index is 12.2. The van der Waals surface area contributed by atoms with Gasteiger partial charge in [0.2, 0.25) is 0 Å². The number of alkyl halides is 3. The van der Waals surface area contributed by atoms with Gasteiger partial charge in [0, 0.05) is 18.9 Å². The van der Waals surface area contributed by atoms with Crippen molar-refractivity contribution in [2.24, 2.45) is 0 Å². The summed E-state index contributed by atoms with van der Waals surface area (Å²) >= 11 is 0. The molecule has 0 radical (unpaired) electrons. The van der Waals surface area contributed by atoms with E-state index in [1.54, 1.807) is 26.2 Å². The Labute approximate surface area is 206 Å². The number of rotatable bonds is 3. The summed E-state index contributed by atoms with van der Waals surface area (Å²) in [5.74, 6) is 0. The number of hydrogen-bond acceptors (Lipinski definition) is 3. The van der Waals surface area contributed by atoms with Crippen molar-refractivity contribution in [3.63, 3.8) is 0 Å². The van der Waals surface area contributed by atoms with Gasteiger partial charge in [0.15, 0.2) is 0 Å². The average molecular weight is 544 g/mol. The minimum absolute atomic E-state index is 0. The molecule has 0 saturated heterocycles. The Morgan fingerprint density at radius 3 is 1.61 bits per heavy atom. The number of nitrogens with zero attached hydrogens (tertiary/aromatic N) is 5. The van der Waals surface area contributed by atoms with Crippen LogP contribution in [0.4, 0.5) is 13.2 Å². The summed E-state index contributed by atoms with van der Waals surface area (Å²) in [5.41, 5.74) is 1.93. The maximum atomic E-state index is 12.2. The molecule has 3 rings (SSSR count). The Balaban J connectivity index is 0. The van der Waals surface area contributed by atoms with Gasteiger partial charge in [-0.3, -0.25) is 9.97 Å². The second-order valence-corrected chi connectivity index (χ2v) is 6.28. The van der Waals surface area contributed by atoms with Crippen molar-refractivity contribution in [1.29, 1.82) is 0 Å². The van der Waals surface area contributed by atoms with Gasteiger partial charge in [0.25, 0.3) is 0 Å². The van der Waals surface area contributed by atoms with Crippen LogP contribution < -0.4 is 0 Å². The van der Waals surface area contributed by atoms with Crippen LogP contribution in [0.25, 0.3) is 22.2 Å². The van der Waals surface area contributed by atoms with Crippen LogP contribution in [-0.4, -0.2) is 41.4 Å². The van der Waals surface area contributed by atoms with Gasteiger partial charge < -0.3 is 15.7 Å². The van der Waals surface area contributed by atoms with E-state index in [2.05, 4.69) is 16.0 Å². The summed E-state index contributed by atoms with van der Waals surface area (Å²) in [4.78, 5) is 10.2. The zero-order valence-electron chi connectivity index (χ0n) is 18.9. The molecule has 0 aliphatic rings. The third-order valence-electron chi connectivity index (χ3n) is 3.28. The first-order chi connectivity index (χ1) is 15.2. The predicted octanol–water partition coefficient (Wildman–Crippen LogP) is 6.00. The molecule has 9 heteroatoms. The predicted molar refractivity (Wildman–Crippen MR) is 125 cm³/mol. The number of benzene rings is 1. The molecule has 3 aromatic rings. The Kier molecular flexibility index (Phi) is 18.4. The fraction of sp³-hybridized carbons (Fsp3) is 0.250. The first-order valence-corrected chi connectivity index (χ1v) is 9.58. The van der Waals surface area contributed by atoms with Gasteiger partial charge in [-0.2, -0.15) is 37.4 Å². The van der Waals surface area contributed by atoms with E-state index in [-0.39, 0.29) is 19.5 Å². The van der Waals surface area contributed by atoms with Crippen molar-refractivity contribution >= 4 is 12.4 Å². The van der Waals surface area contributed by atoms with Gasteiger partial charge in [0.1, 0.15) is 0 Å². The van der Waals surface area contributed by atoms with Crippen LogP contribution in [0.2, 0.25) is 0 Å². The first kappa shape index (κ1) is 32.4. The molecule has 0 saturated carbocycles. The van der Waals surface area contributed by atoms with Gasteiger partial charge in [-0.05, 0) is 38.4 Å². The molecular formula is C24H27F3N5Ru+. The molecule has 0 aliphatic heterocycles. The van der Waals surface area contributed by atoms with E-state index in [0.29, 0.717) is 6.54 Å². The van der Waals surface area contributed by atoms with Crippen LogP contribution >= 0.6 is 0 Å². The van der Waals surface area contributed by atoms with E-state index in [9.17, 15) is 13.2 Å². The molecule has 2 heterocycles. The van der Waals surface area contributed by atoms with E-state index in [1.807, 2.05) is 55.4 Å². The summed E-state index contributed by atoms with van der Waals surface area (Å²) < 4.78 is 36.5. The van der Waals surface area contributed by atoms with Crippen LogP contribution in [0.3, 0.4) is 0 Å². The maximum Gasteiger partial charge on any atom is 4.00 e. The Bertz CT molecular complexity index is 829. The fourth-order valence-corrected chi connectivity index (χ4v) is 2.10. The second-order valence-electron chi connectivity index (χ2n) is 6.28. The van der Waals surface area contributed by atoms with Crippen molar-refractivity contribution < 1.29 is 32.6 Å². The molecule has 1 aromatic carbocycles. The molecule has 0 atom stereocenters. The second kappa shape index (κ2) is 18.8. The summed E-state index contributed by atoms with van der Waals surface area (Å²) in [6.45, 7) is 3.71. The fourth-order valence-electron chi connectivity index (χ4n) is 2.10. The molecule has 0 aliphatic carbocycles. The summed E-state index contributed by atoms with van der Waals surface area (Å²) in [6, 6.07) is 17.7. The van der Waals surface area contributed by atoms with E-state index in [1.165, 1.54) is 6.07 Å². The number of halogens is 3. The smallest absolute Gasteiger partial charge is 0.814 e. The van der Waals surface area contributed by atoms with Crippen LogP contribution in [0.5, 0.6) is 0 Å². The normalized spacial score (nSPS) is 9.45. The van der Waals surface area contributed by atoms with E-state index >= 15 is 0 Å². The van der Waals surface area contributed by atoms with Crippen molar-refractivity contribution in [2.45, 2.75) is 26.6 Å². The first-order valence-electron chi connectivity index (χ1n) is 9.58. The topological polar surface area (TPSA) is 73.6 Å². The zero-order chi connectivity index (χ0) is 24.4. The van der Waals surface area contributed by atoms with E-state index in [4.69, 9.17) is 10.8 Å². The van der Waals surface area contributed by atoms with Crippen molar-refractivity contribution in [2.75, 3.05) is 14.1 Å². The van der Waals surface area contributed by atoms with Crippen molar-refractivity contribution in [3.8, 4) is 11.4 Å². The molecule has 0 bridgehead atoms. The molecule has 0 spiro atoms. The Morgan fingerprint density at radius 1 is 0.879 bits per heavy atom. The molecule has 0 N–H and O–H groups in total. The van der Waals surface area contributed by atoms with Crippen LogP contribution in [0.15, 0.2) is 67.0 Å².